The van der Waals surface area contributed by atoms with Crippen molar-refractivity contribution in [2.75, 3.05) is 6.54 Å². The largest absolute Gasteiger partial charge is 0.310 e. The highest BCUT2D eigenvalue weighted by atomic mass is 79.9. The summed E-state index contributed by atoms with van der Waals surface area (Å²) >= 11 is 9.86. The van der Waals surface area contributed by atoms with Gasteiger partial charge in [0.15, 0.2) is 0 Å². The lowest BCUT2D eigenvalue weighted by molar-refractivity contribution is 0.520. The van der Waals surface area contributed by atoms with Crippen LogP contribution in [0.5, 0.6) is 0 Å². The van der Waals surface area contributed by atoms with Crippen molar-refractivity contribution in [2.24, 2.45) is 5.92 Å². The first kappa shape index (κ1) is 16.0. The molecule has 1 rings (SSSR count). The van der Waals surface area contributed by atoms with Crippen molar-refractivity contribution in [1.29, 1.82) is 0 Å². The Hall–Kier alpha value is -0.0600. The van der Waals surface area contributed by atoms with E-state index in [1.54, 1.807) is 0 Å². The Bertz CT molecular complexity index is 377. The zero-order chi connectivity index (χ0) is 13.7. The van der Waals surface area contributed by atoms with Crippen molar-refractivity contribution in [3.05, 3.63) is 15.9 Å². The zero-order valence-electron chi connectivity index (χ0n) is 11.6. The summed E-state index contributed by atoms with van der Waals surface area (Å²) in [6.45, 7) is 11.0. The van der Waals surface area contributed by atoms with Gasteiger partial charge in [-0.2, -0.15) is 5.10 Å². The maximum absolute atomic E-state index is 6.26. The molecule has 1 aromatic heterocycles. The van der Waals surface area contributed by atoms with Crippen LogP contribution in [0.25, 0.3) is 0 Å². The zero-order valence-corrected chi connectivity index (χ0v) is 14.0. The number of hydrogen-bond acceptors (Lipinski definition) is 2. The standard InChI is InChI=1S/C13H23BrClN3/c1-5-18-12(13(14)10(4)17-18)8-16-7-11(15)6-9(2)3/h9,11,16H,5-8H2,1-4H3. The van der Waals surface area contributed by atoms with Gasteiger partial charge in [0, 0.05) is 25.0 Å². The van der Waals surface area contributed by atoms with Crippen LogP contribution in [-0.4, -0.2) is 21.7 Å². The highest BCUT2D eigenvalue weighted by molar-refractivity contribution is 9.10. The maximum atomic E-state index is 6.26. The molecule has 0 spiro atoms. The molecule has 0 fully saturated rings. The molecule has 0 aliphatic rings. The van der Waals surface area contributed by atoms with E-state index in [0.29, 0.717) is 5.92 Å². The summed E-state index contributed by atoms with van der Waals surface area (Å²) in [5.74, 6) is 0.643. The van der Waals surface area contributed by atoms with Gasteiger partial charge in [0.1, 0.15) is 0 Å². The summed E-state index contributed by atoms with van der Waals surface area (Å²) in [5, 5.41) is 8.08. The predicted octanol–water partition coefficient (Wildman–Crippen LogP) is 3.72. The molecular formula is C13H23BrClN3. The second-order valence-electron chi connectivity index (χ2n) is 5.02. The van der Waals surface area contributed by atoms with E-state index in [4.69, 9.17) is 11.6 Å². The van der Waals surface area contributed by atoms with Crippen LogP contribution in [0.1, 0.15) is 38.6 Å². The fraction of sp³-hybridized carbons (Fsp3) is 0.769. The van der Waals surface area contributed by atoms with Crippen molar-refractivity contribution >= 4 is 27.5 Å². The van der Waals surface area contributed by atoms with Gasteiger partial charge in [-0.05, 0) is 42.1 Å². The minimum atomic E-state index is 0.197. The molecule has 0 saturated carbocycles. The van der Waals surface area contributed by atoms with Crippen LogP contribution < -0.4 is 5.32 Å². The molecule has 1 heterocycles. The molecule has 1 N–H and O–H groups in total. The third-order valence-electron chi connectivity index (χ3n) is 2.84. The molecule has 0 saturated heterocycles. The topological polar surface area (TPSA) is 29.9 Å². The number of nitrogens with one attached hydrogen (secondary N) is 1. The fourth-order valence-electron chi connectivity index (χ4n) is 1.98. The van der Waals surface area contributed by atoms with Gasteiger partial charge in [-0.1, -0.05) is 13.8 Å². The summed E-state index contributed by atoms with van der Waals surface area (Å²) in [6.07, 6.45) is 1.04. The summed E-state index contributed by atoms with van der Waals surface area (Å²) in [4.78, 5) is 0. The number of alkyl halides is 1. The molecule has 18 heavy (non-hydrogen) atoms. The Morgan fingerprint density at radius 1 is 1.44 bits per heavy atom. The van der Waals surface area contributed by atoms with Crippen LogP contribution >= 0.6 is 27.5 Å². The van der Waals surface area contributed by atoms with Gasteiger partial charge >= 0.3 is 0 Å². The van der Waals surface area contributed by atoms with Crippen molar-refractivity contribution in [3.8, 4) is 0 Å². The van der Waals surface area contributed by atoms with E-state index < -0.39 is 0 Å². The van der Waals surface area contributed by atoms with Gasteiger partial charge in [0.25, 0.3) is 0 Å². The third-order valence-corrected chi connectivity index (χ3v) is 4.20. The molecule has 0 bridgehead atoms. The smallest absolute Gasteiger partial charge is 0.0739 e. The molecule has 1 aromatic rings. The van der Waals surface area contributed by atoms with Crippen molar-refractivity contribution < 1.29 is 0 Å². The first-order chi connectivity index (χ1) is 8.45. The fourth-order valence-corrected chi connectivity index (χ4v) is 2.87. The minimum absolute atomic E-state index is 0.197. The van der Waals surface area contributed by atoms with Crippen LogP contribution in [0.3, 0.4) is 0 Å². The SMILES string of the molecule is CCn1nc(C)c(Br)c1CNCC(Cl)CC(C)C. The van der Waals surface area contributed by atoms with Crippen molar-refractivity contribution in [1.82, 2.24) is 15.1 Å². The van der Waals surface area contributed by atoms with Gasteiger partial charge in [-0.3, -0.25) is 4.68 Å². The normalized spacial score (nSPS) is 13.3. The Balaban J connectivity index is 2.48. The highest BCUT2D eigenvalue weighted by Crippen LogP contribution is 2.20. The van der Waals surface area contributed by atoms with E-state index in [1.807, 2.05) is 11.6 Å². The van der Waals surface area contributed by atoms with E-state index in [9.17, 15) is 0 Å². The first-order valence-corrected chi connectivity index (χ1v) is 7.75. The molecular weight excluding hydrogens is 314 g/mol. The summed E-state index contributed by atoms with van der Waals surface area (Å²) < 4.78 is 3.13. The Morgan fingerprint density at radius 2 is 2.11 bits per heavy atom. The average Bonchev–Trinajstić information content (AvgIpc) is 2.55. The van der Waals surface area contributed by atoms with Crippen molar-refractivity contribution in [3.63, 3.8) is 0 Å². The van der Waals surface area contributed by atoms with E-state index in [0.717, 1.165) is 36.2 Å². The number of rotatable bonds is 7. The van der Waals surface area contributed by atoms with Crippen LogP contribution in [0.4, 0.5) is 0 Å². The van der Waals surface area contributed by atoms with Crippen molar-refractivity contribution in [2.45, 2.75) is 52.6 Å². The van der Waals surface area contributed by atoms with E-state index >= 15 is 0 Å². The van der Waals surface area contributed by atoms with Gasteiger partial charge < -0.3 is 5.32 Å². The van der Waals surface area contributed by atoms with Gasteiger partial charge in [-0.25, -0.2) is 0 Å². The molecule has 0 amide bonds. The number of aromatic nitrogens is 2. The molecule has 3 nitrogen and oxygen atoms in total. The molecule has 1 atom stereocenters. The minimum Gasteiger partial charge on any atom is -0.310 e. The number of nitrogens with zero attached hydrogens (tertiary/aromatic N) is 2. The lowest BCUT2D eigenvalue weighted by atomic mass is 10.1. The van der Waals surface area contributed by atoms with Gasteiger partial charge in [-0.15, -0.1) is 11.6 Å². The number of aryl methyl sites for hydroxylation is 2. The highest BCUT2D eigenvalue weighted by Gasteiger charge is 2.12. The Morgan fingerprint density at radius 3 is 2.67 bits per heavy atom. The Labute approximate surface area is 123 Å². The molecule has 0 aliphatic heterocycles. The lowest BCUT2D eigenvalue weighted by Gasteiger charge is -2.13. The average molecular weight is 337 g/mol. The van der Waals surface area contributed by atoms with Crippen LogP contribution in [-0.2, 0) is 13.1 Å². The van der Waals surface area contributed by atoms with Crippen LogP contribution in [0.2, 0.25) is 0 Å². The van der Waals surface area contributed by atoms with Gasteiger partial charge in [0.05, 0.1) is 15.9 Å². The monoisotopic (exact) mass is 335 g/mol. The second-order valence-corrected chi connectivity index (χ2v) is 6.43. The molecule has 104 valence electrons. The van der Waals surface area contributed by atoms with Crippen LogP contribution in [0.15, 0.2) is 4.47 Å². The Kier molecular flexibility index (Phi) is 6.67. The quantitative estimate of drug-likeness (QED) is 0.769. The molecule has 0 radical (unpaired) electrons. The summed E-state index contributed by atoms with van der Waals surface area (Å²) in [7, 11) is 0. The van der Waals surface area contributed by atoms with E-state index in [2.05, 4.69) is 47.1 Å². The first-order valence-electron chi connectivity index (χ1n) is 6.52. The maximum Gasteiger partial charge on any atom is 0.0739 e. The van der Waals surface area contributed by atoms with Crippen LogP contribution in [0, 0.1) is 12.8 Å². The van der Waals surface area contributed by atoms with E-state index in [-0.39, 0.29) is 5.38 Å². The van der Waals surface area contributed by atoms with Gasteiger partial charge in [0.2, 0.25) is 0 Å². The lowest BCUT2D eigenvalue weighted by Crippen LogP contribution is -2.25. The van der Waals surface area contributed by atoms with E-state index in [1.165, 1.54) is 5.69 Å². The third kappa shape index (κ3) is 4.56. The number of halogens is 2. The molecule has 5 heteroatoms. The summed E-state index contributed by atoms with van der Waals surface area (Å²) in [5.41, 5.74) is 2.24. The second kappa shape index (κ2) is 7.51. The molecule has 0 aliphatic carbocycles. The molecule has 0 aromatic carbocycles. The number of hydrogen-bond donors (Lipinski definition) is 1. The molecule has 1 unspecified atom stereocenters. The summed E-state index contributed by atoms with van der Waals surface area (Å²) in [6, 6.07) is 0. The predicted molar refractivity (Wildman–Crippen MR) is 81.1 cm³/mol.